The maximum atomic E-state index is 4.28. The molecule has 1 saturated carbocycles. The van der Waals surface area contributed by atoms with E-state index in [0.717, 1.165) is 28.6 Å². The molecule has 1 aromatic rings. The lowest BCUT2D eigenvalue weighted by Gasteiger charge is -2.16. The highest BCUT2D eigenvalue weighted by Crippen LogP contribution is 2.34. The summed E-state index contributed by atoms with van der Waals surface area (Å²) in [6, 6.07) is 0.461. The van der Waals surface area contributed by atoms with Crippen LogP contribution < -0.4 is 10.6 Å². The van der Waals surface area contributed by atoms with Gasteiger partial charge in [0.2, 0.25) is 0 Å². The number of hydrogen-bond donors (Lipinski definition) is 2. The van der Waals surface area contributed by atoms with Gasteiger partial charge in [0, 0.05) is 12.6 Å². The summed E-state index contributed by atoms with van der Waals surface area (Å²) < 4.78 is 0.921. The zero-order chi connectivity index (χ0) is 12.3. The van der Waals surface area contributed by atoms with Gasteiger partial charge in [0.05, 0.1) is 0 Å². The molecular weight excluding hydrogens is 280 g/mol. The molecule has 0 aromatic carbocycles. The number of halogens is 1. The predicted molar refractivity (Wildman–Crippen MR) is 74.3 cm³/mol. The first-order chi connectivity index (χ1) is 8.20. The molecule has 1 atom stereocenters. The van der Waals surface area contributed by atoms with Crippen molar-refractivity contribution in [2.24, 2.45) is 5.92 Å². The van der Waals surface area contributed by atoms with E-state index in [1.54, 1.807) is 6.33 Å². The van der Waals surface area contributed by atoms with Crippen LogP contribution in [0.4, 0.5) is 11.6 Å². The molecular formula is C12H19BrN4. The largest absolute Gasteiger partial charge is 0.369 e. The highest BCUT2D eigenvalue weighted by Gasteiger charge is 2.24. The Hall–Kier alpha value is -0.840. The molecule has 0 amide bonds. The summed E-state index contributed by atoms with van der Waals surface area (Å²) in [4.78, 5) is 8.48. The SMILES string of the molecule is CCNc1ncnc(NC(C)CC2CC2)c1Br. The van der Waals surface area contributed by atoms with Crippen LogP contribution in [-0.2, 0) is 0 Å². The summed E-state index contributed by atoms with van der Waals surface area (Å²) in [5, 5.41) is 6.65. The fourth-order valence-electron chi connectivity index (χ4n) is 1.91. The van der Waals surface area contributed by atoms with Crippen molar-refractivity contribution in [2.45, 2.75) is 39.2 Å². The molecule has 5 heteroatoms. The van der Waals surface area contributed by atoms with E-state index in [2.05, 4.69) is 50.4 Å². The number of nitrogens with one attached hydrogen (secondary N) is 2. The normalized spacial score (nSPS) is 16.6. The Balaban J connectivity index is 2.00. The Kier molecular flexibility index (Phi) is 4.20. The summed E-state index contributed by atoms with van der Waals surface area (Å²) in [6.07, 6.45) is 5.60. The smallest absolute Gasteiger partial charge is 0.146 e. The Morgan fingerprint density at radius 1 is 1.41 bits per heavy atom. The van der Waals surface area contributed by atoms with Crippen molar-refractivity contribution in [1.82, 2.24) is 9.97 Å². The molecule has 0 radical (unpaired) electrons. The number of aromatic nitrogens is 2. The lowest BCUT2D eigenvalue weighted by atomic mass is 10.1. The highest BCUT2D eigenvalue weighted by atomic mass is 79.9. The van der Waals surface area contributed by atoms with Gasteiger partial charge in [-0.05, 0) is 42.1 Å². The summed E-state index contributed by atoms with van der Waals surface area (Å²) in [7, 11) is 0. The first-order valence-corrected chi connectivity index (χ1v) is 7.01. The molecule has 1 fully saturated rings. The van der Waals surface area contributed by atoms with Gasteiger partial charge in [-0.15, -0.1) is 0 Å². The van der Waals surface area contributed by atoms with Crippen molar-refractivity contribution in [3.63, 3.8) is 0 Å². The fraction of sp³-hybridized carbons (Fsp3) is 0.667. The second kappa shape index (κ2) is 5.67. The second-order valence-electron chi connectivity index (χ2n) is 4.64. The first kappa shape index (κ1) is 12.6. The zero-order valence-electron chi connectivity index (χ0n) is 10.3. The minimum atomic E-state index is 0.461. The third-order valence-corrected chi connectivity index (χ3v) is 3.65. The van der Waals surface area contributed by atoms with E-state index in [0.29, 0.717) is 6.04 Å². The standard InChI is InChI=1S/C12H19BrN4/c1-3-14-11-10(13)12(16-7-15-11)17-8(2)6-9-4-5-9/h7-9H,3-6H2,1-2H3,(H2,14,15,16,17). The maximum absolute atomic E-state index is 4.28. The summed E-state index contributed by atoms with van der Waals surface area (Å²) >= 11 is 3.54. The van der Waals surface area contributed by atoms with E-state index in [9.17, 15) is 0 Å². The summed E-state index contributed by atoms with van der Waals surface area (Å²) in [5.41, 5.74) is 0. The molecule has 0 bridgehead atoms. The zero-order valence-corrected chi connectivity index (χ0v) is 11.9. The topological polar surface area (TPSA) is 49.8 Å². The number of hydrogen-bond acceptors (Lipinski definition) is 4. The van der Waals surface area contributed by atoms with Crippen LogP contribution in [-0.4, -0.2) is 22.6 Å². The third kappa shape index (κ3) is 3.56. The van der Waals surface area contributed by atoms with Crippen LogP contribution in [0.1, 0.15) is 33.1 Å². The number of anilines is 2. The van der Waals surface area contributed by atoms with Crippen molar-refractivity contribution in [2.75, 3.05) is 17.2 Å². The van der Waals surface area contributed by atoms with Crippen LogP contribution in [0.5, 0.6) is 0 Å². The van der Waals surface area contributed by atoms with Crippen LogP contribution in [0.25, 0.3) is 0 Å². The van der Waals surface area contributed by atoms with E-state index >= 15 is 0 Å². The Morgan fingerprint density at radius 2 is 2.12 bits per heavy atom. The van der Waals surface area contributed by atoms with E-state index < -0.39 is 0 Å². The minimum absolute atomic E-state index is 0.461. The molecule has 94 valence electrons. The molecule has 1 aromatic heterocycles. The summed E-state index contributed by atoms with van der Waals surface area (Å²) in [6.45, 7) is 5.11. The van der Waals surface area contributed by atoms with Crippen molar-refractivity contribution in [3.05, 3.63) is 10.8 Å². The van der Waals surface area contributed by atoms with Gasteiger partial charge in [0.15, 0.2) is 0 Å². The summed E-state index contributed by atoms with van der Waals surface area (Å²) in [5.74, 6) is 2.65. The molecule has 1 unspecified atom stereocenters. The fourth-order valence-corrected chi connectivity index (χ4v) is 2.37. The van der Waals surface area contributed by atoms with Gasteiger partial charge in [0.1, 0.15) is 22.4 Å². The van der Waals surface area contributed by atoms with Gasteiger partial charge in [-0.25, -0.2) is 9.97 Å². The molecule has 2 N–H and O–H groups in total. The number of nitrogens with zero attached hydrogens (tertiary/aromatic N) is 2. The molecule has 1 aliphatic rings. The Morgan fingerprint density at radius 3 is 2.76 bits per heavy atom. The van der Waals surface area contributed by atoms with E-state index in [1.807, 2.05) is 0 Å². The van der Waals surface area contributed by atoms with Crippen molar-refractivity contribution in [3.8, 4) is 0 Å². The van der Waals surface area contributed by atoms with Gasteiger partial charge >= 0.3 is 0 Å². The molecule has 0 aliphatic heterocycles. The van der Waals surface area contributed by atoms with E-state index in [4.69, 9.17) is 0 Å². The molecule has 1 heterocycles. The van der Waals surface area contributed by atoms with Crippen molar-refractivity contribution < 1.29 is 0 Å². The van der Waals surface area contributed by atoms with Crippen molar-refractivity contribution >= 4 is 27.6 Å². The highest BCUT2D eigenvalue weighted by molar-refractivity contribution is 9.10. The van der Waals surface area contributed by atoms with Crippen molar-refractivity contribution in [1.29, 1.82) is 0 Å². The Labute approximate surface area is 111 Å². The van der Waals surface area contributed by atoms with Crippen LogP contribution in [0.3, 0.4) is 0 Å². The minimum Gasteiger partial charge on any atom is -0.369 e. The first-order valence-electron chi connectivity index (χ1n) is 6.21. The van der Waals surface area contributed by atoms with Crippen LogP contribution in [0, 0.1) is 5.92 Å². The monoisotopic (exact) mass is 298 g/mol. The Bertz CT molecular complexity index is 379. The molecule has 2 rings (SSSR count). The van der Waals surface area contributed by atoms with E-state index in [1.165, 1.54) is 19.3 Å². The van der Waals surface area contributed by atoms with Crippen LogP contribution in [0.2, 0.25) is 0 Å². The number of rotatable bonds is 6. The van der Waals surface area contributed by atoms with Gasteiger partial charge in [-0.3, -0.25) is 0 Å². The molecule has 0 saturated heterocycles. The second-order valence-corrected chi connectivity index (χ2v) is 5.43. The third-order valence-electron chi connectivity index (χ3n) is 2.90. The van der Waals surface area contributed by atoms with Gasteiger partial charge in [0.25, 0.3) is 0 Å². The predicted octanol–water partition coefficient (Wildman–Crippen LogP) is 3.27. The van der Waals surface area contributed by atoms with Gasteiger partial charge in [-0.1, -0.05) is 12.8 Å². The quantitative estimate of drug-likeness (QED) is 0.846. The average Bonchev–Trinajstić information content (AvgIpc) is 3.08. The molecule has 1 aliphatic carbocycles. The maximum Gasteiger partial charge on any atom is 0.146 e. The van der Waals surface area contributed by atoms with E-state index in [-0.39, 0.29) is 0 Å². The van der Waals surface area contributed by atoms with Crippen LogP contribution in [0.15, 0.2) is 10.8 Å². The average molecular weight is 299 g/mol. The molecule has 4 nitrogen and oxygen atoms in total. The van der Waals surface area contributed by atoms with Crippen LogP contribution >= 0.6 is 15.9 Å². The van der Waals surface area contributed by atoms with Gasteiger partial charge < -0.3 is 10.6 Å². The lowest BCUT2D eigenvalue weighted by Crippen LogP contribution is -2.17. The van der Waals surface area contributed by atoms with Gasteiger partial charge in [-0.2, -0.15) is 0 Å². The molecule has 17 heavy (non-hydrogen) atoms. The lowest BCUT2D eigenvalue weighted by molar-refractivity contribution is 0.639. The molecule has 0 spiro atoms.